The van der Waals surface area contributed by atoms with Crippen LogP contribution < -0.4 is 11.1 Å². The molecule has 1 aliphatic heterocycles. The van der Waals surface area contributed by atoms with Gasteiger partial charge < -0.3 is 9.73 Å². The largest absolute Gasteiger partial charge is 0.418 e. The molecule has 1 aliphatic rings. The maximum absolute atomic E-state index is 11.0. The van der Waals surface area contributed by atoms with Crippen molar-refractivity contribution < 1.29 is 4.42 Å². The molecule has 1 fully saturated rings. The van der Waals surface area contributed by atoms with Gasteiger partial charge in [0.05, 0.1) is 0 Å². The number of hydrogen-bond acceptors (Lipinski definition) is 4. The van der Waals surface area contributed by atoms with E-state index in [2.05, 4.69) is 15.3 Å². The number of piperidine rings is 1. The highest BCUT2D eigenvalue weighted by Crippen LogP contribution is 2.22. The molecular formula is C11H13N3O2. The minimum atomic E-state index is -0.443. The van der Waals surface area contributed by atoms with E-state index < -0.39 is 5.76 Å². The molecule has 1 unspecified atom stereocenters. The molecule has 3 heterocycles. The maximum Gasteiger partial charge on any atom is 0.418 e. The van der Waals surface area contributed by atoms with E-state index in [4.69, 9.17) is 4.42 Å². The molecule has 0 spiro atoms. The van der Waals surface area contributed by atoms with Crippen LogP contribution in [0.3, 0.4) is 0 Å². The first-order chi connectivity index (χ1) is 7.83. The molecule has 5 nitrogen and oxygen atoms in total. The molecule has 0 aromatic carbocycles. The number of nitrogens with zero attached hydrogens (tertiary/aromatic N) is 1. The average molecular weight is 219 g/mol. The van der Waals surface area contributed by atoms with Crippen LogP contribution in [0.25, 0.3) is 11.2 Å². The summed E-state index contributed by atoms with van der Waals surface area (Å²) in [6, 6.07) is 3.82. The van der Waals surface area contributed by atoms with Gasteiger partial charge in [-0.05, 0) is 31.5 Å². The number of rotatable bonds is 1. The number of H-pyrrole nitrogens is 1. The molecule has 84 valence electrons. The molecular weight excluding hydrogens is 206 g/mol. The molecule has 0 radical (unpaired) electrons. The Morgan fingerprint density at radius 2 is 2.38 bits per heavy atom. The van der Waals surface area contributed by atoms with Crippen LogP contribution in [0.4, 0.5) is 0 Å². The number of pyridine rings is 1. The van der Waals surface area contributed by atoms with Crippen LogP contribution in [0.2, 0.25) is 0 Å². The van der Waals surface area contributed by atoms with Gasteiger partial charge in [-0.3, -0.25) is 4.98 Å². The van der Waals surface area contributed by atoms with E-state index in [9.17, 15) is 4.79 Å². The first-order valence-corrected chi connectivity index (χ1v) is 5.53. The van der Waals surface area contributed by atoms with Crippen molar-refractivity contribution in [1.29, 1.82) is 0 Å². The van der Waals surface area contributed by atoms with Crippen molar-refractivity contribution in [2.75, 3.05) is 13.1 Å². The van der Waals surface area contributed by atoms with Gasteiger partial charge in [-0.1, -0.05) is 0 Å². The summed E-state index contributed by atoms with van der Waals surface area (Å²) in [4.78, 5) is 18.0. The van der Waals surface area contributed by atoms with Gasteiger partial charge in [0.1, 0.15) is 5.52 Å². The lowest BCUT2D eigenvalue weighted by Crippen LogP contribution is -2.28. The zero-order valence-electron chi connectivity index (χ0n) is 8.82. The molecule has 3 rings (SSSR count). The summed E-state index contributed by atoms with van der Waals surface area (Å²) in [7, 11) is 0. The lowest BCUT2D eigenvalue weighted by molar-refractivity contribution is 0.453. The van der Waals surface area contributed by atoms with E-state index in [1.165, 1.54) is 6.42 Å². The van der Waals surface area contributed by atoms with Crippen LogP contribution in [0.5, 0.6) is 0 Å². The highest BCUT2D eigenvalue weighted by Gasteiger charge is 2.17. The zero-order valence-corrected chi connectivity index (χ0v) is 8.82. The van der Waals surface area contributed by atoms with E-state index in [0.29, 0.717) is 17.1 Å². The highest BCUT2D eigenvalue weighted by atomic mass is 16.4. The third-order valence-electron chi connectivity index (χ3n) is 3.02. The van der Waals surface area contributed by atoms with Gasteiger partial charge in [-0.25, -0.2) is 9.78 Å². The predicted molar refractivity (Wildman–Crippen MR) is 59.5 cm³/mol. The Labute approximate surface area is 91.9 Å². The summed E-state index contributed by atoms with van der Waals surface area (Å²) in [6.07, 6.45) is 2.31. The van der Waals surface area contributed by atoms with E-state index in [1.54, 1.807) is 0 Å². The first kappa shape index (κ1) is 9.59. The fourth-order valence-corrected chi connectivity index (χ4v) is 2.18. The normalized spacial score (nSPS) is 21.4. The van der Waals surface area contributed by atoms with Gasteiger partial charge >= 0.3 is 5.76 Å². The molecule has 2 N–H and O–H groups in total. The predicted octanol–water partition coefficient (Wildman–Crippen LogP) is 0.983. The van der Waals surface area contributed by atoms with Gasteiger partial charge in [0, 0.05) is 18.2 Å². The third-order valence-corrected chi connectivity index (χ3v) is 3.02. The topological polar surface area (TPSA) is 70.9 Å². The second-order valence-corrected chi connectivity index (χ2v) is 4.15. The smallest absolute Gasteiger partial charge is 0.389 e. The van der Waals surface area contributed by atoms with Crippen molar-refractivity contribution in [3.63, 3.8) is 0 Å². The number of aromatic amines is 1. The third kappa shape index (κ3) is 1.63. The Kier molecular flexibility index (Phi) is 2.25. The van der Waals surface area contributed by atoms with Crippen LogP contribution in [0.15, 0.2) is 21.3 Å². The summed E-state index contributed by atoms with van der Waals surface area (Å²) in [5, 5.41) is 3.35. The van der Waals surface area contributed by atoms with E-state index in [1.807, 2.05) is 12.1 Å². The Bertz CT molecular complexity index is 552. The summed E-state index contributed by atoms with van der Waals surface area (Å²) >= 11 is 0. The van der Waals surface area contributed by atoms with Crippen LogP contribution in [0, 0.1) is 0 Å². The molecule has 2 aromatic rings. The molecule has 0 aliphatic carbocycles. The van der Waals surface area contributed by atoms with Crippen molar-refractivity contribution >= 4 is 11.2 Å². The van der Waals surface area contributed by atoms with Gasteiger partial charge in [0.15, 0.2) is 0 Å². The van der Waals surface area contributed by atoms with Crippen LogP contribution >= 0.6 is 0 Å². The first-order valence-electron chi connectivity index (χ1n) is 5.53. The van der Waals surface area contributed by atoms with E-state index >= 15 is 0 Å². The summed E-state index contributed by atoms with van der Waals surface area (Å²) < 4.78 is 4.96. The highest BCUT2D eigenvalue weighted by molar-refractivity contribution is 5.67. The van der Waals surface area contributed by atoms with Gasteiger partial charge in [0.2, 0.25) is 5.71 Å². The molecule has 16 heavy (non-hydrogen) atoms. The second kappa shape index (κ2) is 3.75. The van der Waals surface area contributed by atoms with Crippen molar-refractivity contribution in [3.05, 3.63) is 28.4 Å². The van der Waals surface area contributed by atoms with Crippen LogP contribution in [-0.2, 0) is 0 Å². The molecule has 2 aromatic heterocycles. The van der Waals surface area contributed by atoms with Crippen molar-refractivity contribution in [1.82, 2.24) is 15.3 Å². The fourth-order valence-electron chi connectivity index (χ4n) is 2.18. The second-order valence-electron chi connectivity index (χ2n) is 4.15. The molecule has 0 saturated carbocycles. The lowest BCUT2D eigenvalue weighted by atomic mass is 9.96. The Balaban J connectivity index is 2.00. The molecule has 5 heteroatoms. The van der Waals surface area contributed by atoms with Crippen LogP contribution in [0.1, 0.15) is 24.5 Å². The van der Waals surface area contributed by atoms with Crippen molar-refractivity contribution in [2.24, 2.45) is 0 Å². The summed E-state index contributed by atoms with van der Waals surface area (Å²) in [5.41, 5.74) is 2.08. The Morgan fingerprint density at radius 1 is 1.44 bits per heavy atom. The molecule has 0 bridgehead atoms. The summed E-state index contributed by atoms with van der Waals surface area (Å²) in [5.74, 6) is -0.0141. The van der Waals surface area contributed by atoms with Gasteiger partial charge in [-0.2, -0.15) is 0 Å². The van der Waals surface area contributed by atoms with Crippen molar-refractivity contribution in [3.8, 4) is 0 Å². The minimum Gasteiger partial charge on any atom is -0.389 e. The number of aromatic nitrogens is 2. The molecule has 1 atom stereocenters. The average Bonchev–Trinajstić information content (AvgIpc) is 2.69. The van der Waals surface area contributed by atoms with E-state index in [-0.39, 0.29) is 0 Å². The standard InChI is InChI=1S/C11H13N3O2/c15-11-14-9-4-3-8(13-10(9)16-11)7-2-1-5-12-6-7/h3-4,7,12H,1-2,5-6H2,(H,14,15). The monoisotopic (exact) mass is 219 g/mol. The van der Waals surface area contributed by atoms with Gasteiger partial charge in [0.25, 0.3) is 0 Å². The lowest BCUT2D eigenvalue weighted by Gasteiger charge is -2.21. The number of oxazole rings is 1. The van der Waals surface area contributed by atoms with E-state index in [0.717, 1.165) is 25.2 Å². The van der Waals surface area contributed by atoms with Crippen molar-refractivity contribution in [2.45, 2.75) is 18.8 Å². The Morgan fingerprint density at radius 3 is 3.19 bits per heavy atom. The quantitative estimate of drug-likeness (QED) is 0.750. The molecule has 1 saturated heterocycles. The van der Waals surface area contributed by atoms with Crippen LogP contribution in [-0.4, -0.2) is 23.1 Å². The van der Waals surface area contributed by atoms with Gasteiger partial charge in [-0.15, -0.1) is 0 Å². The fraction of sp³-hybridized carbons (Fsp3) is 0.455. The maximum atomic E-state index is 11.0. The number of nitrogens with one attached hydrogen (secondary N) is 2. The SMILES string of the molecule is O=c1[nH]c2ccc(C3CCCNC3)nc2o1. The molecule has 0 amide bonds. The Hall–Kier alpha value is -1.62. The number of fused-ring (bicyclic) bond motifs is 1. The number of hydrogen-bond donors (Lipinski definition) is 2. The summed E-state index contributed by atoms with van der Waals surface area (Å²) in [6.45, 7) is 2.03. The minimum absolute atomic E-state index is 0.410. The zero-order chi connectivity index (χ0) is 11.0.